The maximum absolute atomic E-state index is 14.5. The van der Waals surface area contributed by atoms with Crippen LogP contribution in [0.5, 0.6) is 0 Å². The maximum atomic E-state index is 14.5. The topological polar surface area (TPSA) is 101 Å². The SMILES string of the molecule is NC(=O)[C@H](CCC(F)(F)F)[C@H](CC1CC1)C(=O)N[C@@H]1C(=O)Nc2c(F)cccc2-c2ccccc21. The van der Waals surface area contributed by atoms with Gasteiger partial charge >= 0.3 is 6.18 Å². The van der Waals surface area contributed by atoms with E-state index in [2.05, 4.69) is 10.6 Å². The van der Waals surface area contributed by atoms with Crippen molar-refractivity contribution in [2.24, 2.45) is 23.5 Å². The number of carbonyl (C=O) groups is 3. The molecular weight excluding hydrogens is 466 g/mol. The number of primary amides is 1. The Morgan fingerprint density at radius 3 is 2.40 bits per heavy atom. The van der Waals surface area contributed by atoms with E-state index in [0.29, 0.717) is 16.7 Å². The van der Waals surface area contributed by atoms with Crippen molar-refractivity contribution >= 4 is 23.4 Å². The van der Waals surface area contributed by atoms with Gasteiger partial charge < -0.3 is 16.4 Å². The van der Waals surface area contributed by atoms with Gasteiger partial charge in [-0.3, -0.25) is 14.4 Å². The van der Waals surface area contributed by atoms with E-state index in [4.69, 9.17) is 5.73 Å². The molecule has 2 aliphatic rings. The lowest BCUT2D eigenvalue weighted by molar-refractivity contribution is -0.146. The molecule has 4 N–H and O–H groups in total. The monoisotopic (exact) mass is 491 g/mol. The number of nitrogens with two attached hydrogens (primary N) is 1. The molecule has 1 aliphatic heterocycles. The summed E-state index contributed by atoms with van der Waals surface area (Å²) in [4.78, 5) is 38.6. The molecule has 0 spiro atoms. The molecular formula is C25H25F4N3O3. The average Bonchev–Trinajstić information content (AvgIpc) is 3.61. The summed E-state index contributed by atoms with van der Waals surface area (Å²) < 4.78 is 53.2. The van der Waals surface area contributed by atoms with E-state index in [0.717, 1.165) is 12.8 Å². The van der Waals surface area contributed by atoms with E-state index in [-0.39, 0.29) is 18.0 Å². The number of fused-ring (bicyclic) bond motifs is 3. The third-order valence-electron chi connectivity index (χ3n) is 6.58. The molecule has 35 heavy (non-hydrogen) atoms. The molecule has 0 radical (unpaired) electrons. The minimum Gasteiger partial charge on any atom is -0.369 e. The first-order chi connectivity index (χ1) is 16.5. The molecule has 2 aromatic carbocycles. The predicted molar refractivity (Wildman–Crippen MR) is 120 cm³/mol. The van der Waals surface area contributed by atoms with Gasteiger partial charge in [-0.15, -0.1) is 0 Å². The Kier molecular flexibility index (Phi) is 6.82. The number of alkyl halides is 3. The lowest BCUT2D eigenvalue weighted by atomic mass is 9.82. The minimum absolute atomic E-state index is 0.0311. The molecule has 2 aromatic rings. The molecule has 0 bridgehead atoms. The number of rotatable bonds is 8. The van der Waals surface area contributed by atoms with Gasteiger partial charge in [0.2, 0.25) is 11.8 Å². The van der Waals surface area contributed by atoms with Crippen LogP contribution in [0.25, 0.3) is 11.1 Å². The Bertz CT molecular complexity index is 1150. The molecule has 3 atom stereocenters. The number of para-hydroxylation sites is 1. The first-order valence-electron chi connectivity index (χ1n) is 11.4. The van der Waals surface area contributed by atoms with E-state index < -0.39 is 60.4 Å². The van der Waals surface area contributed by atoms with Crippen molar-refractivity contribution < 1.29 is 31.9 Å². The van der Waals surface area contributed by atoms with Crippen molar-refractivity contribution in [2.45, 2.75) is 44.3 Å². The Labute approximate surface area is 199 Å². The van der Waals surface area contributed by atoms with Crippen LogP contribution in [0, 0.1) is 23.6 Å². The van der Waals surface area contributed by atoms with Crippen molar-refractivity contribution in [3.63, 3.8) is 0 Å². The molecule has 10 heteroatoms. The summed E-state index contributed by atoms with van der Waals surface area (Å²) in [6.07, 6.45) is -4.58. The van der Waals surface area contributed by atoms with Crippen molar-refractivity contribution in [2.75, 3.05) is 5.32 Å². The fraction of sp³-hybridized carbons (Fsp3) is 0.400. The zero-order valence-electron chi connectivity index (χ0n) is 18.7. The Balaban J connectivity index is 1.65. The molecule has 1 saturated carbocycles. The predicted octanol–water partition coefficient (Wildman–Crippen LogP) is 4.46. The minimum atomic E-state index is -4.51. The molecule has 6 nitrogen and oxygen atoms in total. The Hall–Kier alpha value is -3.43. The number of halogens is 4. The fourth-order valence-corrected chi connectivity index (χ4v) is 4.63. The molecule has 0 unspecified atom stereocenters. The summed E-state index contributed by atoms with van der Waals surface area (Å²) >= 11 is 0. The van der Waals surface area contributed by atoms with Gasteiger partial charge in [-0.1, -0.05) is 49.2 Å². The third-order valence-corrected chi connectivity index (χ3v) is 6.58. The molecule has 4 rings (SSSR count). The third kappa shape index (κ3) is 5.63. The second kappa shape index (κ2) is 9.67. The van der Waals surface area contributed by atoms with E-state index >= 15 is 0 Å². The van der Waals surface area contributed by atoms with Gasteiger partial charge in [0.05, 0.1) is 5.69 Å². The van der Waals surface area contributed by atoms with Crippen molar-refractivity contribution in [1.82, 2.24) is 5.32 Å². The van der Waals surface area contributed by atoms with Crippen LogP contribution in [-0.2, 0) is 14.4 Å². The lowest BCUT2D eigenvalue weighted by Gasteiger charge is -2.27. The van der Waals surface area contributed by atoms with Crippen molar-refractivity contribution in [1.29, 1.82) is 0 Å². The Morgan fingerprint density at radius 2 is 1.74 bits per heavy atom. The standard InChI is InChI=1S/C25H25F4N3O3/c26-19-7-3-6-15-14-4-1-2-5-16(14)21(24(35)31-20(15)19)32-23(34)18(12-13-8-9-13)17(22(30)33)10-11-25(27,28)29/h1-7,13,17-18,21H,8-12H2,(H2,30,33)(H,31,35)(H,32,34)/t17-,18+,21+/m1/s1. The molecule has 0 saturated heterocycles. The van der Waals surface area contributed by atoms with Gasteiger partial charge in [-0.2, -0.15) is 13.2 Å². The summed E-state index contributed by atoms with van der Waals surface area (Å²) in [6, 6.07) is 9.76. The summed E-state index contributed by atoms with van der Waals surface area (Å²) in [5.74, 6) is -5.43. The molecule has 3 amide bonds. The van der Waals surface area contributed by atoms with Crippen LogP contribution in [-0.4, -0.2) is 23.9 Å². The summed E-state index contributed by atoms with van der Waals surface area (Å²) in [5.41, 5.74) is 6.75. The molecule has 1 heterocycles. The number of nitrogens with one attached hydrogen (secondary N) is 2. The highest BCUT2D eigenvalue weighted by Gasteiger charge is 2.41. The highest BCUT2D eigenvalue weighted by atomic mass is 19.4. The van der Waals surface area contributed by atoms with Crippen LogP contribution in [0.2, 0.25) is 0 Å². The number of benzene rings is 2. The van der Waals surface area contributed by atoms with Gasteiger partial charge in [-0.05, 0) is 36.0 Å². The molecule has 186 valence electrons. The highest BCUT2D eigenvalue weighted by Crippen LogP contribution is 2.41. The van der Waals surface area contributed by atoms with Crippen LogP contribution in [0.4, 0.5) is 23.2 Å². The molecule has 0 aromatic heterocycles. The highest BCUT2D eigenvalue weighted by molar-refractivity contribution is 6.05. The average molecular weight is 491 g/mol. The van der Waals surface area contributed by atoms with E-state index in [9.17, 15) is 31.9 Å². The number of amides is 3. The first-order valence-corrected chi connectivity index (χ1v) is 11.4. The van der Waals surface area contributed by atoms with Gasteiger partial charge in [0.15, 0.2) is 0 Å². The van der Waals surface area contributed by atoms with Crippen LogP contribution in [0.1, 0.15) is 43.7 Å². The number of anilines is 1. The Morgan fingerprint density at radius 1 is 1.06 bits per heavy atom. The maximum Gasteiger partial charge on any atom is 0.389 e. The smallest absolute Gasteiger partial charge is 0.369 e. The summed E-state index contributed by atoms with van der Waals surface area (Å²) in [5, 5.41) is 5.14. The van der Waals surface area contributed by atoms with Gasteiger partial charge in [0, 0.05) is 23.8 Å². The normalized spacial score (nSPS) is 19.0. The first kappa shape index (κ1) is 24.7. The quantitative estimate of drug-likeness (QED) is 0.475. The van der Waals surface area contributed by atoms with Gasteiger partial charge in [-0.25, -0.2) is 4.39 Å². The number of hydrogen-bond acceptors (Lipinski definition) is 3. The van der Waals surface area contributed by atoms with Gasteiger partial charge in [0.25, 0.3) is 5.91 Å². The molecule has 1 aliphatic carbocycles. The second-order valence-electron chi connectivity index (χ2n) is 9.13. The zero-order chi connectivity index (χ0) is 25.3. The number of carbonyl (C=O) groups excluding carboxylic acids is 3. The van der Waals surface area contributed by atoms with E-state index in [1.165, 1.54) is 12.1 Å². The van der Waals surface area contributed by atoms with E-state index in [1.54, 1.807) is 30.3 Å². The van der Waals surface area contributed by atoms with Crippen LogP contribution >= 0.6 is 0 Å². The van der Waals surface area contributed by atoms with Crippen LogP contribution in [0.15, 0.2) is 42.5 Å². The largest absolute Gasteiger partial charge is 0.389 e. The fourth-order valence-electron chi connectivity index (χ4n) is 4.63. The van der Waals surface area contributed by atoms with Crippen LogP contribution in [0.3, 0.4) is 0 Å². The van der Waals surface area contributed by atoms with E-state index in [1.807, 2.05) is 0 Å². The van der Waals surface area contributed by atoms with Crippen molar-refractivity contribution in [3.8, 4) is 11.1 Å². The second-order valence-corrected chi connectivity index (χ2v) is 9.13. The zero-order valence-corrected chi connectivity index (χ0v) is 18.7. The van der Waals surface area contributed by atoms with Crippen molar-refractivity contribution in [3.05, 3.63) is 53.8 Å². The number of hydrogen-bond donors (Lipinski definition) is 3. The van der Waals surface area contributed by atoms with Crippen LogP contribution < -0.4 is 16.4 Å². The lowest BCUT2D eigenvalue weighted by Crippen LogP contribution is -2.45. The molecule has 1 fully saturated rings. The van der Waals surface area contributed by atoms with Gasteiger partial charge in [0.1, 0.15) is 11.9 Å². The summed E-state index contributed by atoms with van der Waals surface area (Å²) in [6.45, 7) is 0. The summed E-state index contributed by atoms with van der Waals surface area (Å²) in [7, 11) is 0.